The van der Waals surface area contributed by atoms with E-state index in [0.29, 0.717) is 18.1 Å². The Kier molecular flexibility index (Phi) is 5.22. The van der Waals surface area contributed by atoms with Crippen molar-refractivity contribution in [1.29, 1.82) is 0 Å². The first-order valence-electron chi connectivity index (χ1n) is 8.74. The van der Waals surface area contributed by atoms with Crippen LogP contribution in [0.2, 0.25) is 0 Å². The van der Waals surface area contributed by atoms with Gasteiger partial charge in [0.25, 0.3) is 0 Å². The smallest absolute Gasteiger partial charge is 0.137 e. The molecule has 2 heteroatoms. The van der Waals surface area contributed by atoms with Gasteiger partial charge in [0.1, 0.15) is 5.78 Å². The summed E-state index contributed by atoms with van der Waals surface area (Å²) in [6, 6.07) is 12.5. The van der Waals surface area contributed by atoms with Gasteiger partial charge in [-0.05, 0) is 41.7 Å². The third-order valence-electron chi connectivity index (χ3n) is 4.83. The molecule has 3 rings (SSSR count). The number of aromatic nitrogens is 1. The van der Waals surface area contributed by atoms with Crippen LogP contribution in [-0.4, -0.2) is 10.8 Å². The van der Waals surface area contributed by atoms with Crippen LogP contribution in [0.3, 0.4) is 0 Å². The van der Waals surface area contributed by atoms with E-state index >= 15 is 0 Å². The summed E-state index contributed by atoms with van der Waals surface area (Å²) in [5.41, 5.74) is 4.51. The van der Waals surface area contributed by atoms with Crippen LogP contribution < -0.4 is 0 Å². The Morgan fingerprint density at radius 2 is 1.78 bits per heavy atom. The van der Waals surface area contributed by atoms with Crippen molar-refractivity contribution >= 4 is 5.78 Å². The van der Waals surface area contributed by atoms with Crippen LogP contribution in [0.5, 0.6) is 0 Å². The molecule has 1 aliphatic carbocycles. The summed E-state index contributed by atoms with van der Waals surface area (Å²) in [6.07, 6.45) is 9.62. The molecule has 1 aromatic carbocycles. The molecule has 0 spiro atoms. The Morgan fingerprint density at radius 1 is 1.04 bits per heavy atom. The number of ketones is 1. The van der Waals surface area contributed by atoms with Gasteiger partial charge in [-0.15, -0.1) is 0 Å². The molecule has 23 heavy (non-hydrogen) atoms. The van der Waals surface area contributed by atoms with E-state index in [1.807, 2.05) is 19.2 Å². The molecule has 1 fully saturated rings. The van der Waals surface area contributed by atoms with E-state index in [4.69, 9.17) is 0 Å². The standard InChI is InChI=1S/C21H25NO/c1-16-13-20(11-12-22-16)19-9-7-18(8-10-19)15-21(23)14-17-5-3-2-4-6-17/h7-13,17H,2-6,14-15H2,1H3. The summed E-state index contributed by atoms with van der Waals surface area (Å²) in [5, 5.41) is 0. The number of pyridine rings is 1. The molecular formula is C21H25NO. The fraction of sp³-hybridized carbons (Fsp3) is 0.429. The van der Waals surface area contributed by atoms with Crippen LogP contribution in [0.25, 0.3) is 11.1 Å². The largest absolute Gasteiger partial charge is 0.299 e. The van der Waals surface area contributed by atoms with E-state index in [1.54, 1.807) is 0 Å². The summed E-state index contributed by atoms with van der Waals surface area (Å²) in [5.74, 6) is 1.03. The molecule has 0 amide bonds. The Hall–Kier alpha value is -1.96. The van der Waals surface area contributed by atoms with Crippen LogP contribution >= 0.6 is 0 Å². The van der Waals surface area contributed by atoms with E-state index in [2.05, 4.69) is 35.3 Å². The monoisotopic (exact) mass is 307 g/mol. The van der Waals surface area contributed by atoms with Crippen molar-refractivity contribution in [2.75, 3.05) is 0 Å². The molecule has 0 N–H and O–H groups in total. The maximum atomic E-state index is 12.3. The summed E-state index contributed by atoms with van der Waals surface area (Å²) < 4.78 is 0. The lowest BCUT2D eigenvalue weighted by atomic mass is 9.85. The van der Waals surface area contributed by atoms with Gasteiger partial charge in [0.05, 0.1) is 0 Å². The van der Waals surface area contributed by atoms with Crippen LogP contribution in [0, 0.1) is 12.8 Å². The van der Waals surface area contributed by atoms with Crippen LogP contribution in [0.1, 0.15) is 49.8 Å². The number of nitrogens with zero attached hydrogens (tertiary/aromatic N) is 1. The molecule has 2 aromatic rings. The Bertz CT molecular complexity index is 654. The molecule has 0 saturated heterocycles. The topological polar surface area (TPSA) is 30.0 Å². The van der Waals surface area contributed by atoms with Gasteiger partial charge in [-0.1, -0.05) is 56.4 Å². The first-order chi connectivity index (χ1) is 11.2. The number of rotatable bonds is 5. The summed E-state index contributed by atoms with van der Waals surface area (Å²) in [7, 11) is 0. The van der Waals surface area contributed by atoms with Crippen LogP contribution in [0.4, 0.5) is 0 Å². The molecule has 1 aromatic heterocycles. The van der Waals surface area contributed by atoms with E-state index in [9.17, 15) is 4.79 Å². The minimum Gasteiger partial charge on any atom is -0.299 e. The number of aryl methyl sites for hydroxylation is 1. The third kappa shape index (κ3) is 4.51. The van der Waals surface area contributed by atoms with Crippen molar-refractivity contribution in [3.05, 3.63) is 53.9 Å². The van der Waals surface area contributed by atoms with E-state index in [-0.39, 0.29) is 0 Å². The Balaban J connectivity index is 1.59. The van der Waals surface area contributed by atoms with Crippen molar-refractivity contribution in [2.45, 2.75) is 51.9 Å². The molecule has 0 radical (unpaired) electrons. The zero-order chi connectivity index (χ0) is 16.1. The third-order valence-corrected chi connectivity index (χ3v) is 4.83. The second kappa shape index (κ2) is 7.54. The fourth-order valence-corrected chi connectivity index (χ4v) is 3.55. The second-order valence-corrected chi connectivity index (χ2v) is 6.81. The molecule has 1 aliphatic rings. The van der Waals surface area contributed by atoms with Crippen LogP contribution in [0.15, 0.2) is 42.6 Å². The van der Waals surface area contributed by atoms with Crippen molar-refractivity contribution < 1.29 is 4.79 Å². The molecule has 0 bridgehead atoms. The highest BCUT2D eigenvalue weighted by Gasteiger charge is 2.17. The number of carbonyl (C=O) groups is 1. The molecule has 0 atom stereocenters. The molecule has 0 aliphatic heterocycles. The predicted molar refractivity (Wildman–Crippen MR) is 94.3 cm³/mol. The van der Waals surface area contributed by atoms with Crippen molar-refractivity contribution in [3.8, 4) is 11.1 Å². The highest BCUT2D eigenvalue weighted by molar-refractivity contribution is 5.81. The first-order valence-corrected chi connectivity index (χ1v) is 8.74. The molecule has 120 valence electrons. The maximum absolute atomic E-state index is 12.3. The molecule has 1 heterocycles. The maximum Gasteiger partial charge on any atom is 0.137 e. The van der Waals surface area contributed by atoms with Crippen molar-refractivity contribution in [3.63, 3.8) is 0 Å². The summed E-state index contributed by atoms with van der Waals surface area (Å²) in [4.78, 5) is 16.5. The number of Topliss-reactive ketones (excluding diaryl/α,β-unsaturated/α-hetero) is 1. The van der Waals surface area contributed by atoms with Crippen LogP contribution in [-0.2, 0) is 11.2 Å². The summed E-state index contributed by atoms with van der Waals surface area (Å²) >= 11 is 0. The first kappa shape index (κ1) is 15.9. The highest BCUT2D eigenvalue weighted by Crippen LogP contribution is 2.27. The normalized spacial score (nSPS) is 15.5. The van der Waals surface area contributed by atoms with Gasteiger partial charge in [0.2, 0.25) is 0 Å². The quantitative estimate of drug-likeness (QED) is 0.765. The van der Waals surface area contributed by atoms with E-state index < -0.39 is 0 Å². The van der Waals surface area contributed by atoms with Gasteiger partial charge in [-0.2, -0.15) is 0 Å². The van der Waals surface area contributed by atoms with Gasteiger partial charge in [0, 0.05) is 24.7 Å². The number of hydrogen-bond donors (Lipinski definition) is 0. The highest BCUT2D eigenvalue weighted by atomic mass is 16.1. The number of benzene rings is 1. The minimum atomic E-state index is 0.393. The number of hydrogen-bond acceptors (Lipinski definition) is 2. The molecular weight excluding hydrogens is 282 g/mol. The minimum absolute atomic E-state index is 0.393. The van der Waals surface area contributed by atoms with Gasteiger partial charge >= 0.3 is 0 Å². The van der Waals surface area contributed by atoms with Gasteiger partial charge in [-0.25, -0.2) is 0 Å². The average molecular weight is 307 g/mol. The summed E-state index contributed by atoms with van der Waals surface area (Å²) in [6.45, 7) is 2.00. The Morgan fingerprint density at radius 3 is 2.48 bits per heavy atom. The van der Waals surface area contributed by atoms with Crippen molar-refractivity contribution in [1.82, 2.24) is 4.98 Å². The SMILES string of the molecule is Cc1cc(-c2ccc(CC(=O)CC3CCCCC3)cc2)ccn1. The fourth-order valence-electron chi connectivity index (χ4n) is 3.55. The Labute approximate surface area is 139 Å². The zero-order valence-electron chi connectivity index (χ0n) is 13.9. The second-order valence-electron chi connectivity index (χ2n) is 6.81. The van der Waals surface area contributed by atoms with Gasteiger partial charge in [-0.3, -0.25) is 9.78 Å². The van der Waals surface area contributed by atoms with Crippen molar-refractivity contribution in [2.24, 2.45) is 5.92 Å². The lowest BCUT2D eigenvalue weighted by molar-refractivity contribution is -0.119. The lowest BCUT2D eigenvalue weighted by Gasteiger charge is -2.20. The average Bonchev–Trinajstić information content (AvgIpc) is 2.56. The lowest BCUT2D eigenvalue weighted by Crippen LogP contribution is -2.13. The van der Waals surface area contributed by atoms with Gasteiger partial charge < -0.3 is 0 Å². The molecule has 0 unspecified atom stereocenters. The predicted octanol–water partition coefficient (Wildman–Crippen LogP) is 5.14. The number of carbonyl (C=O) groups excluding carboxylic acids is 1. The zero-order valence-corrected chi connectivity index (χ0v) is 13.9. The van der Waals surface area contributed by atoms with E-state index in [1.165, 1.54) is 43.2 Å². The van der Waals surface area contributed by atoms with E-state index in [0.717, 1.165) is 17.7 Å². The molecule has 2 nitrogen and oxygen atoms in total. The van der Waals surface area contributed by atoms with Gasteiger partial charge in [0.15, 0.2) is 0 Å². The molecule has 1 saturated carbocycles.